The molecular weight excluding hydrogens is 424 g/mol. The monoisotopic (exact) mass is 447 g/mol. The summed E-state index contributed by atoms with van der Waals surface area (Å²) in [6, 6.07) is 15.3. The third kappa shape index (κ3) is 6.21. The first kappa shape index (κ1) is 22.6. The highest BCUT2D eigenvalue weighted by Crippen LogP contribution is 2.33. The molecule has 0 amide bonds. The van der Waals surface area contributed by atoms with Gasteiger partial charge in [-0.15, -0.1) is 0 Å². The molecule has 31 heavy (non-hydrogen) atoms. The SMILES string of the molecule is COc1ccc(CN(Cc2ccc(OC)cc2)c2ncc(SC(F)F)c(OC)n2)cc1. The lowest BCUT2D eigenvalue weighted by Gasteiger charge is -2.24. The first-order valence-corrected chi connectivity index (χ1v) is 10.3. The van der Waals surface area contributed by atoms with Crippen LogP contribution in [0.15, 0.2) is 59.6 Å². The summed E-state index contributed by atoms with van der Waals surface area (Å²) in [5.74, 6) is -0.571. The van der Waals surface area contributed by atoms with Crippen molar-refractivity contribution in [3.8, 4) is 17.4 Å². The largest absolute Gasteiger partial charge is 0.497 e. The number of anilines is 1. The summed E-state index contributed by atoms with van der Waals surface area (Å²) in [5.41, 5.74) is 2.03. The van der Waals surface area contributed by atoms with Gasteiger partial charge in [-0.25, -0.2) is 4.98 Å². The molecule has 0 N–H and O–H groups in total. The summed E-state index contributed by atoms with van der Waals surface area (Å²) >= 11 is 0.357. The second-order valence-electron chi connectivity index (χ2n) is 6.47. The van der Waals surface area contributed by atoms with Gasteiger partial charge in [0.05, 0.1) is 32.4 Å². The Labute approximate surface area is 184 Å². The van der Waals surface area contributed by atoms with Crippen LogP contribution < -0.4 is 19.1 Å². The zero-order valence-electron chi connectivity index (χ0n) is 17.4. The van der Waals surface area contributed by atoms with Gasteiger partial charge in [-0.3, -0.25) is 0 Å². The van der Waals surface area contributed by atoms with E-state index in [-0.39, 0.29) is 10.8 Å². The molecule has 3 rings (SSSR count). The van der Waals surface area contributed by atoms with Gasteiger partial charge in [0.1, 0.15) is 11.5 Å². The molecule has 0 atom stereocenters. The Kier molecular flexibility index (Phi) is 7.88. The van der Waals surface area contributed by atoms with Crippen LogP contribution in [0.3, 0.4) is 0 Å². The van der Waals surface area contributed by atoms with Crippen LogP contribution in [0.2, 0.25) is 0 Å². The zero-order valence-corrected chi connectivity index (χ0v) is 18.2. The minimum Gasteiger partial charge on any atom is -0.497 e. The number of thioether (sulfide) groups is 1. The summed E-state index contributed by atoms with van der Waals surface area (Å²) < 4.78 is 41.3. The second-order valence-corrected chi connectivity index (χ2v) is 7.51. The molecule has 6 nitrogen and oxygen atoms in total. The van der Waals surface area contributed by atoms with E-state index in [2.05, 4.69) is 9.97 Å². The van der Waals surface area contributed by atoms with Crippen molar-refractivity contribution in [2.24, 2.45) is 0 Å². The molecule has 0 aliphatic carbocycles. The molecule has 0 bridgehead atoms. The molecule has 0 unspecified atom stereocenters. The average Bonchev–Trinajstić information content (AvgIpc) is 2.79. The summed E-state index contributed by atoms with van der Waals surface area (Å²) in [4.78, 5) is 10.9. The minimum atomic E-state index is -2.59. The number of nitrogens with zero attached hydrogens (tertiary/aromatic N) is 3. The van der Waals surface area contributed by atoms with Crippen molar-refractivity contribution < 1.29 is 23.0 Å². The van der Waals surface area contributed by atoms with E-state index >= 15 is 0 Å². The molecular formula is C22H23F2N3O3S. The number of hydrogen-bond donors (Lipinski definition) is 0. The molecule has 0 fully saturated rings. The summed E-state index contributed by atoms with van der Waals surface area (Å²) in [5, 5.41) is 0. The number of hydrogen-bond acceptors (Lipinski definition) is 7. The fourth-order valence-corrected chi connectivity index (χ4v) is 3.46. The fourth-order valence-electron chi connectivity index (χ4n) is 2.92. The summed E-state index contributed by atoms with van der Waals surface area (Å²) in [6.07, 6.45) is 1.37. The number of aromatic nitrogens is 2. The Bertz CT molecular complexity index is 923. The fraction of sp³-hybridized carbons (Fsp3) is 0.273. The van der Waals surface area contributed by atoms with Gasteiger partial charge in [0.15, 0.2) is 0 Å². The van der Waals surface area contributed by atoms with Crippen molar-refractivity contribution in [2.45, 2.75) is 23.7 Å². The van der Waals surface area contributed by atoms with Gasteiger partial charge in [-0.05, 0) is 47.2 Å². The molecule has 9 heteroatoms. The normalized spacial score (nSPS) is 10.8. The van der Waals surface area contributed by atoms with Gasteiger partial charge in [-0.2, -0.15) is 13.8 Å². The third-order valence-electron chi connectivity index (χ3n) is 4.47. The van der Waals surface area contributed by atoms with Crippen molar-refractivity contribution in [1.29, 1.82) is 0 Å². The van der Waals surface area contributed by atoms with E-state index in [0.717, 1.165) is 22.6 Å². The van der Waals surface area contributed by atoms with E-state index in [1.807, 2.05) is 53.4 Å². The van der Waals surface area contributed by atoms with Gasteiger partial charge in [0.2, 0.25) is 11.8 Å². The van der Waals surface area contributed by atoms with E-state index in [4.69, 9.17) is 14.2 Å². The highest BCUT2D eigenvalue weighted by molar-refractivity contribution is 7.99. The predicted molar refractivity (Wildman–Crippen MR) is 116 cm³/mol. The van der Waals surface area contributed by atoms with Crippen LogP contribution in [0.4, 0.5) is 14.7 Å². The van der Waals surface area contributed by atoms with Crippen LogP contribution >= 0.6 is 11.8 Å². The smallest absolute Gasteiger partial charge is 0.289 e. The van der Waals surface area contributed by atoms with Crippen LogP contribution in [0.1, 0.15) is 11.1 Å². The molecule has 164 valence electrons. The molecule has 2 aromatic carbocycles. The molecule has 3 aromatic rings. The molecule has 0 spiro atoms. The van der Waals surface area contributed by atoms with Crippen LogP contribution in [-0.4, -0.2) is 37.1 Å². The summed E-state index contributed by atoms with van der Waals surface area (Å²) in [7, 11) is 4.63. The van der Waals surface area contributed by atoms with Gasteiger partial charge in [-0.1, -0.05) is 24.3 Å². The number of benzene rings is 2. The number of ether oxygens (including phenoxy) is 3. The average molecular weight is 448 g/mol. The Morgan fingerprint density at radius 1 is 0.839 bits per heavy atom. The lowest BCUT2D eigenvalue weighted by Crippen LogP contribution is -2.24. The van der Waals surface area contributed by atoms with Gasteiger partial charge in [0, 0.05) is 13.1 Å². The lowest BCUT2D eigenvalue weighted by molar-refractivity contribution is 0.251. The van der Waals surface area contributed by atoms with Crippen LogP contribution in [-0.2, 0) is 13.1 Å². The van der Waals surface area contributed by atoms with Gasteiger partial charge < -0.3 is 19.1 Å². The van der Waals surface area contributed by atoms with E-state index in [9.17, 15) is 8.78 Å². The standard InChI is InChI=1S/C22H23F2N3O3S/c1-28-17-8-4-15(5-9-17)13-27(14-16-6-10-18(29-2)11-7-16)22-25-12-19(31-21(23)24)20(26-22)30-3/h4-12,21H,13-14H2,1-3H3. The molecule has 0 saturated carbocycles. The van der Waals surface area contributed by atoms with Crippen LogP contribution in [0, 0.1) is 0 Å². The topological polar surface area (TPSA) is 56.7 Å². The van der Waals surface area contributed by atoms with E-state index < -0.39 is 5.76 Å². The Morgan fingerprint density at radius 3 is 1.77 bits per heavy atom. The molecule has 0 aliphatic heterocycles. The molecule has 1 aromatic heterocycles. The highest BCUT2D eigenvalue weighted by atomic mass is 32.2. The van der Waals surface area contributed by atoms with Crippen molar-refractivity contribution >= 4 is 17.7 Å². The maximum absolute atomic E-state index is 12.8. The maximum Gasteiger partial charge on any atom is 0.289 e. The number of halogens is 2. The second kappa shape index (κ2) is 10.8. The molecule has 0 aliphatic rings. The van der Waals surface area contributed by atoms with Gasteiger partial charge in [0.25, 0.3) is 5.76 Å². The van der Waals surface area contributed by atoms with E-state index in [1.165, 1.54) is 13.3 Å². The number of alkyl halides is 2. The van der Waals surface area contributed by atoms with Crippen molar-refractivity contribution in [3.05, 3.63) is 65.9 Å². The van der Waals surface area contributed by atoms with Crippen molar-refractivity contribution in [2.75, 3.05) is 26.2 Å². The zero-order chi connectivity index (χ0) is 22.2. The minimum absolute atomic E-state index is 0.116. The Morgan fingerprint density at radius 2 is 1.35 bits per heavy atom. The number of methoxy groups -OCH3 is 3. The summed E-state index contributed by atoms with van der Waals surface area (Å²) in [6.45, 7) is 1.00. The Hall–Kier alpha value is -3.07. The third-order valence-corrected chi connectivity index (χ3v) is 5.18. The van der Waals surface area contributed by atoms with Crippen LogP contribution in [0.25, 0.3) is 0 Å². The number of rotatable bonds is 10. The first-order chi connectivity index (χ1) is 15.0. The first-order valence-electron chi connectivity index (χ1n) is 9.39. The molecule has 0 radical (unpaired) electrons. The van der Waals surface area contributed by atoms with E-state index in [1.54, 1.807) is 14.2 Å². The van der Waals surface area contributed by atoms with Gasteiger partial charge >= 0.3 is 0 Å². The van der Waals surface area contributed by atoms with Crippen LogP contribution in [0.5, 0.6) is 17.4 Å². The molecule has 1 heterocycles. The quantitative estimate of drug-likeness (QED) is 0.404. The highest BCUT2D eigenvalue weighted by Gasteiger charge is 2.18. The van der Waals surface area contributed by atoms with Crippen molar-refractivity contribution in [3.63, 3.8) is 0 Å². The lowest BCUT2D eigenvalue weighted by atomic mass is 10.1. The van der Waals surface area contributed by atoms with E-state index in [0.29, 0.717) is 30.8 Å². The Balaban J connectivity index is 1.91. The predicted octanol–water partition coefficient (Wildman–Crippen LogP) is 5.02. The van der Waals surface area contributed by atoms with Crippen molar-refractivity contribution in [1.82, 2.24) is 9.97 Å². The maximum atomic E-state index is 12.8. The molecule has 0 saturated heterocycles.